The van der Waals surface area contributed by atoms with Crippen LogP contribution in [-0.2, 0) is 0 Å². The molecule has 0 aromatic heterocycles. The summed E-state index contributed by atoms with van der Waals surface area (Å²) < 4.78 is 5.18. The molecule has 2 rings (SSSR count). The van der Waals surface area contributed by atoms with Gasteiger partial charge in [0.15, 0.2) is 0 Å². The zero-order valence-corrected chi connectivity index (χ0v) is 13.7. The number of benzene rings is 1. The molecule has 1 fully saturated rings. The average molecular weight is 291 g/mol. The highest BCUT2D eigenvalue weighted by Crippen LogP contribution is 2.33. The summed E-state index contributed by atoms with van der Waals surface area (Å²) in [4.78, 5) is 2.49. The molecule has 1 saturated carbocycles. The summed E-state index contributed by atoms with van der Waals surface area (Å²) in [5.74, 6) is 1.54. The van der Waals surface area contributed by atoms with Crippen molar-refractivity contribution < 1.29 is 9.84 Å². The first-order valence-electron chi connectivity index (χ1n) is 8.10. The second kappa shape index (κ2) is 7.28. The van der Waals surface area contributed by atoms with Crippen molar-refractivity contribution >= 4 is 0 Å². The van der Waals surface area contributed by atoms with Gasteiger partial charge in [0, 0.05) is 12.1 Å². The molecule has 1 aliphatic rings. The van der Waals surface area contributed by atoms with Gasteiger partial charge in [-0.2, -0.15) is 0 Å². The molecular formula is C18H29NO2. The monoisotopic (exact) mass is 291 g/mol. The SMILES string of the molecule is COc1ccc(C(O)C(C)N(CCC(C)C)C2CC2)cc1. The van der Waals surface area contributed by atoms with Crippen LogP contribution in [0.15, 0.2) is 24.3 Å². The second-order valence-corrected chi connectivity index (χ2v) is 6.61. The summed E-state index contributed by atoms with van der Waals surface area (Å²) in [6.45, 7) is 7.75. The lowest BCUT2D eigenvalue weighted by atomic mass is 10.0. The molecule has 0 spiro atoms. The maximum Gasteiger partial charge on any atom is 0.118 e. The Morgan fingerprint density at radius 2 is 1.81 bits per heavy atom. The van der Waals surface area contributed by atoms with Crippen molar-refractivity contribution in [1.82, 2.24) is 4.90 Å². The van der Waals surface area contributed by atoms with E-state index < -0.39 is 6.10 Å². The summed E-state index contributed by atoms with van der Waals surface area (Å²) in [6.07, 6.45) is 3.30. The minimum atomic E-state index is -0.441. The second-order valence-electron chi connectivity index (χ2n) is 6.61. The fraction of sp³-hybridized carbons (Fsp3) is 0.667. The van der Waals surface area contributed by atoms with Crippen molar-refractivity contribution in [3.8, 4) is 5.75 Å². The number of hydrogen-bond donors (Lipinski definition) is 1. The molecule has 1 aromatic carbocycles. The van der Waals surface area contributed by atoms with Crippen molar-refractivity contribution in [2.45, 2.75) is 58.2 Å². The predicted molar refractivity (Wildman–Crippen MR) is 86.6 cm³/mol. The Kier molecular flexibility index (Phi) is 5.65. The van der Waals surface area contributed by atoms with Gasteiger partial charge in [-0.05, 0) is 56.3 Å². The standard InChI is InChI=1S/C18H29NO2/c1-13(2)11-12-19(16-7-8-16)14(3)18(20)15-5-9-17(21-4)10-6-15/h5-6,9-10,13-14,16,18,20H,7-8,11-12H2,1-4H3. The first kappa shape index (κ1) is 16.3. The van der Waals surface area contributed by atoms with E-state index in [1.807, 2.05) is 24.3 Å². The Hall–Kier alpha value is -1.06. The van der Waals surface area contributed by atoms with E-state index >= 15 is 0 Å². The van der Waals surface area contributed by atoms with Crippen molar-refractivity contribution in [2.75, 3.05) is 13.7 Å². The molecule has 0 saturated heterocycles. The van der Waals surface area contributed by atoms with Gasteiger partial charge in [0.1, 0.15) is 5.75 Å². The van der Waals surface area contributed by atoms with Crippen LogP contribution in [0.5, 0.6) is 5.75 Å². The fourth-order valence-corrected chi connectivity index (χ4v) is 2.79. The molecule has 3 heteroatoms. The van der Waals surface area contributed by atoms with Gasteiger partial charge < -0.3 is 9.84 Å². The minimum absolute atomic E-state index is 0.157. The van der Waals surface area contributed by atoms with Crippen LogP contribution in [0.1, 0.15) is 51.7 Å². The normalized spacial score (nSPS) is 18.0. The Morgan fingerprint density at radius 1 is 1.19 bits per heavy atom. The van der Waals surface area contributed by atoms with Crippen LogP contribution >= 0.6 is 0 Å². The summed E-state index contributed by atoms with van der Waals surface area (Å²) in [6, 6.07) is 8.60. The molecule has 1 aromatic rings. The van der Waals surface area contributed by atoms with Gasteiger partial charge in [-0.3, -0.25) is 4.90 Å². The molecule has 2 unspecified atom stereocenters. The third-order valence-corrected chi connectivity index (χ3v) is 4.42. The van der Waals surface area contributed by atoms with Crippen LogP contribution in [0.4, 0.5) is 0 Å². The van der Waals surface area contributed by atoms with Crippen molar-refractivity contribution in [1.29, 1.82) is 0 Å². The smallest absolute Gasteiger partial charge is 0.118 e. The van der Waals surface area contributed by atoms with Crippen LogP contribution in [0.25, 0.3) is 0 Å². The number of aliphatic hydroxyl groups excluding tert-OH is 1. The van der Waals surface area contributed by atoms with Crippen LogP contribution < -0.4 is 4.74 Å². The van der Waals surface area contributed by atoms with E-state index in [0.29, 0.717) is 12.0 Å². The highest BCUT2D eigenvalue weighted by atomic mass is 16.5. The zero-order chi connectivity index (χ0) is 15.4. The Balaban J connectivity index is 2.02. The summed E-state index contributed by atoms with van der Waals surface area (Å²) in [7, 11) is 1.66. The molecule has 0 radical (unpaired) electrons. The number of methoxy groups -OCH3 is 1. The molecular weight excluding hydrogens is 262 g/mol. The third-order valence-electron chi connectivity index (χ3n) is 4.42. The van der Waals surface area contributed by atoms with Gasteiger partial charge in [-0.1, -0.05) is 26.0 Å². The van der Waals surface area contributed by atoms with E-state index in [1.54, 1.807) is 7.11 Å². The topological polar surface area (TPSA) is 32.7 Å². The number of nitrogens with zero attached hydrogens (tertiary/aromatic N) is 1. The summed E-state index contributed by atoms with van der Waals surface area (Å²) in [5.41, 5.74) is 0.971. The van der Waals surface area contributed by atoms with E-state index in [4.69, 9.17) is 4.74 Å². The van der Waals surface area contributed by atoms with E-state index in [1.165, 1.54) is 19.3 Å². The van der Waals surface area contributed by atoms with Gasteiger partial charge in [0.2, 0.25) is 0 Å². The van der Waals surface area contributed by atoms with E-state index in [0.717, 1.165) is 17.9 Å². The fourth-order valence-electron chi connectivity index (χ4n) is 2.79. The number of ether oxygens (including phenoxy) is 1. The first-order valence-corrected chi connectivity index (χ1v) is 8.10. The molecule has 3 nitrogen and oxygen atoms in total. The number of rotatable bonds is 8. The van der Waals surface area contributed by atoms with Gasteiger partial charge in [0.25, 0.3) is 0 Å². The molecule has 0 aliphatic heterocycles. The molecule has 1 aliphatic carbocycles. The molecule has 1 N–H and O–H groups in total. The highest BCUT2D eigenvalue weighted by molar-refractivity contribution is 5.29. The lowest BCUT2D eigenvalue weighted by Gasteiger charge is -2.33. The Labute approximate surface area is 128 Å². The number of aliphatic hydroxyl groups is 1. The molecule has 21 heavy (non-hydrogen) atoms. The van der Waals surface area contributed by atoms with E-state index in [9.17, 15) is 5.11 Å². The third kappa shape index (κ3) is 4.45. The number of hydrogen-bond acceptors (Lipinski definition) is 3. The lowest BCUT2D eigenvalue weighted by molar-refractivity contribution is 0.0501. The van der Waals surface area contributed by atoms with Gasteiger partial charge in [0.05, 0.1) is 13.2 Å². The van der Waals surface area contributed by atoms with Gasteiger partial charge in [-0.15, -0.1) is 0 Å². The maximum absolute atomic E-state index is 10.7. The molecule has 118 valence electrons. The Morgan fingerprint density at radius 3 is 2.29 bits per heavy atom. The summed E-state index contributed by atoms with van der Waals surface area (Å²) >= 11 is 0. The Bertz CT molecular complexity index is 425. The molecule has 0 bridgehead atoms. The van der Waals surface area contributed by atoms with Gasteiger partial charge in [-0.25, -0.2) is 0 Å². The minimum Gasteiger partial charge on any atom is -0.497 e. The van der Waals surface area contributed by atoms with Gasteiger partial charge >= 0.3 is 0 Å². The van der Waals surface area contributed by atoms with Crippen LogP contribution in [-0.4, -0.2) is 35.7 Å². The van der Waals surface area contributed by atoms with Crippen molar-refractivity contribution in [3.63, 3.8) is 0 Å². The van der Waals surface area contributed by atoms with Crippen molar-refractivity contribution in [3.05, 3.63) is 29.8 Å². The van der Waals surface area contributed by atoms with Crippen molar-refractivity contribution in [2.24, 2.45) is 5.92 Å². The predicted octanol–water partition coefficient (Wildman–Crippen LogP) is 3.63. The highest BCUT2D eigenvalue weighted by Gasteiger charge is 2.34. The van der Waals surface area contributed by atoms with Crippen LogP contribution in [0.3, 0.4) is 0 Å². The maximum atomic E-state index is 10.7. The van der Waals surface area contributed by atoms with Crippen LogP contribution in [0, 0.1) is 5.92 Å². The zero-order valence-electron chi connectivity index (χ0n) is 13.7. The van der Waals surface area contributed by atoms with E-state index in [2.05, 4.69) is 25.7 Å². The van der Waals surface area contributed by atoms with E-state index in [-0.39, 0.29) is 6.04 Å². The first-order chi connectivity index (χ1) is 10.0. The molecule has 2 atom stereocenters. The largest absolute Gasteiger partial charge is 0.497 e. The average Bonchev–Trinajstić information content (AvgIpc) is 3.31. The molecule has 0 amide bonds. The van der Waals surface area contributed by atoms with Crippen LogP contribution in [0.2, 0.25) is 0 Å². The quantitative estimate of drug-likeness (QED) is 0.794. The molecule has 0 heterocycles. The summed E-state index contributed by atoms with van der Waals surface area (Å²) in [5, 5.41) is 10.7. The lowest BCUT2D eigenvalue weighted by Crippen LogP contribution is -2.40.